The third kappa shape index (κ3) is 3.43. The van der Waals surface area contributed by atoms with Crippen LogP contribution in [0.1, 0.15) is 92.4 Å². The highest BCUT2D eigenvalue weighted by molar-refractivity contribution is 6.02. The average molecular weight is 398 g/mol. The van der Waals surface area contributed by atoms with E-state index in [0.29, 0.717) is 11.3 Å². The van der Waals surface area contributed by atoms with E-state index in [4.69, 9.17) is 0 Å². The first-order valence-corrected chi connectivity index (χ1v) is 12.4. The quantitative estimate of drug-likeness (QED) is 0.375. The van der Waals surface area contributed by atoms with Crippen molar-refractivity contribution in [3.63, 3.8) is 0 Å². The van der Waals surface area contributed by atoms with Crippen LogP contribution in [0.2, 0.25) is 0 Å². The van der Waals surface area contributed by atoms with Gasteiger partial charge in [-0.05, 0) is 85.0 Å². The maximum atomic E-state index is 9.84. The van der Waals surface area contributed by atoms with Gasteiger partial charge in [0, 0.05) is 5.41 Å². The van der Waals surface area contributed by atoms with Gasteiger partial charge < -0.3 is 5.21 Å². The van der Waals surface area contributed by atoms with E-state index in [1.54, 1.807) is 0 Å². The van der Waals surface area contributed by atoms with Crippen LogP contribution in [0.5, 0.6) is 0 Å². The summed E-state index contributed by atoms with van der Waals surface area (Å²) in [7, 11) is 0. The molecule has 0 aliphatic heterocycles. The minimum Gasteiger partial charge on any atom is -0.411 e. The fraction of sp³-hybridized carbons (Fsp3) is 0.815. The molecule has 3 fully saturated rings. The van der Waals surface area contributed by atoms with Crippen LogP contribution in [0.25, 0.3) is 0 Å². The van der Waals surface area contributed by atoms with Crippen molar-refractivity contribution in [2.24, 2.45) is 51.5 Å². The lowest BCUT2D eigenvalue weighted by atomic mass is 9.46. The Morgan fingerprint density at radius 2 is 1.90 bits per heavy atom. The van der Waals surface area contributed by atoms with Crippen molar-refractivity contribution in [1.29, 1.82) is 0 Å². The highest BCUT2D eigenvalue weighted by Crippen LogP contribution is 2.67. The lowest BCUT2D eigenvalue weighted by molar-refractivity contribution is -0.0402. The third-order valence-corrected chi connectivity index (χ3v) is 9.87. The second kappa shape index (κ2) is 7.89. The molecule has 2 nitrogen and oxygen atoms in total. The zero-order chi connectivity index (χ0) is 20.8. The van der Waals surface area contributed by atoms with Crippen molar-refractivity contribution in [2.45, 2.75) is 92.4 Å². The summed E-state index contributed by atoms with van der Waals surface area (Å²) in [5, 5.41) is 13.7. The van der Waals surface area contributed by atoms with E-state index in [-0.39, 0.29) is 5.41 Å². The van der Waals surface area contributed by atoms with Crippen LogP contribution in [0.3, 0.4) is 0 Å². The molecule has 0 aromatic rings. The van der Waals surface area contributed by atoms with Crippen LogP contribution >= 0.6 is 0 Å². The van der Waals surface area contributed by atoms with Crippen molar-refractivity contribution in [3.05, 3.63) is 23.8 Å². The summed E-state index contributed by atoms with van der Waals surface area (Å²) < 4.78 is 0. The summed E-state index contributed by atoms with van der Waals surface area (Å²) in [6.07, 6.45) is 18.6. The molecule has 4 aliphatic carbocycles. The van der Waals surface area contributed by atoms with Gasteiger partial charge in [-0.15, -0.1) is 0 Å². The van der Waals surface area contributed by atoms with Crippen molar-refractivity contribution >= 4 is 5.71 Å². The molecule has 29 heavy (non-hydrogen) atoms. The van der Waals surface area contributed by atoms with Crippen LogP contribution in [0.15, 0.2) is 29.0 Å². The summed E-state index contributed by atoms with van der Waals surface area (Å²) in [6.45, 7) is 12.3. The smallest absolute Gasteiger partial charge is 0.0836 e. The molecular weight excluding hydrogens is 354 g/mol. The number of allylic oxidation sites excluding steroid dienone is 4. The van der Waals surface area contributed by atoms with Crippen molar-refractivity contribution in [3.8, 4) is 0 Å². The van der Waals surface area contributed by atoms with E-state index in [2.05, 4.69) is 58.0 Å². The average Bonchev–Trinajstić information content (AvgIpc) is 3.04. The van der Waals surface area contributed by atoms with E-state index >= 15 is 0 Å². The molecule has 0 heterocycles. The molecule has 0 radical (unpaired) electrons. The predicted octanol–water partition coefficient (Wildman–Crippen LogP) is 7.63. The largest absolute Gasteiger partial charge is 0.411 e. The maximum absolute atomic E-state index is 9.84. The molecule has 3 saturated carbocycles. The Hall–Kier alpha value is -1.05. The van der Waals surface area contributed by atoms with E-state index in [1.807, 2.05) is 0 Å². The molecule has 4 aliphatic rings. The first kappa shape index (κ1) is 21.2. The van der Waals surface area contributed by atoms with Gasteiger partial charge in [0.15, 0.2) is 0 Å². The van der Waals surface area contributed by atoms with Crippen molar-refractivity contribution in [1.82, 2.24) is 0 Å². The van der Waals surface area contributed by atoms with Gasteiger partial charge >= 0.3 is 0 Å². The van der Waals surface area contributed by atoms with Gasteiger partial charge in [0.05, 0.1) is 5.71 Å². The number of hydrogen-bond donors (Lipinski definition) is 1. The predicted molar refractivity (Wildman–Crippen MR) is 122 cm³/mol. The third-order valence-electron chi connectivity index (χ3n) is 9.87. The lowest BCUT2D eigenvalue weighted by Crippen LogP contribution is -2.52. The molecule has 2 heteroatoms. The monoisotopic (exact) mass is 397 g/mol. The molecule has 0 amide bonds. The van der Waals surface area contributed by atoms with Gasteiger partial charge in [-0.25, -0.2) is 0 Å². The summed E-state index contributed by atoms with van der Waals surface area (Å²) >= 11 is 0. The van der Waals surface area contributed by atoms with Crippen LogP contribution < -0.4 is 0 Å². The summed E-state index contributed by atoms with van der Waals surface area (Å²) in [6, 6.07) is 0. The Kier molecular flexibility index (Phi) is 5.77. The highest BCUT2D eigenvalue weighted by atomic mass is 16.4. The van der Waals surface area contributed by atoms with Gasteiger partial charge in [0.1, 0.15) is 0 Å². The molecule has 0 unspecified atom stereocenters. The second-order valence-electron chi connectivity index (χ2n) is 11.8. The molecule has 4 rings (SSSR count). The van der Waals surface area contributed by atoms with Gasteiger partial charge in [-0.1, -0.05) is 77.3 Å². The Morgan fingerprint density at radius 1 is 1.10 bits per heavy atom. The minimum absolute atomic E-state index is 0.168. The Balaban J connectivity index is 1.55. The molecular formula is C27H43NO. The molecule has 7 atom stereocenters. The van der Waals surface area contributed by atoms with E-state index in [1.165, 1.54) is 50.5 Å². The molecule has 0 aromatic carbocycles. The number of nitrogens with zero attached hydrogens (tertiary/aromatic N) is 1. The van der Waals surface area contributed by atoms with Crippen LogP contribution in [-0.4, -0.2) is 10.9 Å². The van der Waals surface area contributed by atoms with E-state index in [9.17, 15) is 5.21 Å². The van der Waals surface area contributed by atoms with Crippen molar-refractivity contribution < 1.29 is 5.21 Å². The number of oxime groups is 1. The lowest BCUT2D eigenvalue weighted by Gasteiger charge is -2.58. The SMILES string of the molecule is CC(C)CCC[C@@H](C)[C@H]1CC[C@H]2[C@@H]3C/C(=N\O)C4=CC=CC[C@]4(C)[C@H]3CC[C@]12C. The standard InChI is InChI=1S/C27H43NO/c1-18(2)9-8-10-19(3)21-12-13-22-20-17-25(28-29)24-11-6-7-15-26(24,4)23(20)14-16-27(21,22)5/h6-7,11,18-23,29H,8-10,12-17H2,1-5H3/b28-25+/t19-,20+,21-,22+,23+,26-,27-/m1/s1. The Labute approximate surface area is 178 Å². The van der Waals surface area contributed by atoms with E-state index < -0.39 is 0 Å². The molecule has 0 bridgehead atoms. The maximum Gasteiger partial charge on any atom is 0.0836 e. The fourth-order valence-electron chi connectivity index (χ4n) is 8.37. The summed E-state index contributed by atoms with van der Waals surface area (Å²) in [5.74, 6) is 4.80. The second-order valence-corrected chi connectivity index (χ2v) is 11.8. The zero-order valence-corrected chi connectivity index (χ0v) is 19.5. The van der Waals surface area contributed by atoms with Crippen LogP contribution in [0.4, 0.5) is 0 Å². The number of hydrogen-bond acceptors (Lipinski definition) is 2. The molecule has 1 N–H and O–H groups in total. The fourth-order valence-corrected chi connectivity index (χ4v) is 8.37. The van der Waals surface area contributed by atoms with Crippen molar-refractivity contribution in [2.75, 3.05) is 0 Å². The normalized spacial score (nSPS) is 43.7. The van der Waals surface area contributed by atoms with Gasteiger partial charge in [0.2, 0.25) is 0 Å². The molecule has 162 valence electrons. The Bertz CT molecular complexity index is 703. The van der Waals surface area contributed by atoms with Gasteiger partial charge in [0.25, 0.3) is 0 Å². The summed E-state index contributed by atoms with van der Waals surface area (Å²) in [5.41, 5.74) is 2.96. The molecule has 0 aromatic heterocycles. The highest BCUT2D eigenvalue weighted by Gasteiger charge is 2.60. The number of rotatable bonds is 5. The number of fused-ring (bicyclic) bond motifs is 5. The van der Waals surface area contributed by atoms with Gasteiger partial charge in [-0.2, -0.15) is 0 Å². The van der Waals surface area contributed by atoms with E-state index in [0.717, 1.165) is 48.1 Å². The van der Waals surface area contributed by atoms with Crippen LogP contribution in [0, 0.1) is 46.3 Å². The van der Waals surface area contributed by atoms with Crippen LogP contribution in [-0.2, 0) is 0 Å². The Morgan fingerprint density at radius 3 is 2.62 bits per heavy atom. The summed E-state index contributed by atoms with van der Waals surface area (Å²) in [4.78, 5) is 0. The zero-order valence-electron chi connectivity index (χ0n) is 19.5. The first-order chi connectivity index (χ1) is 13.8. The molecule has 0 spiro atoms. The first-order valence-electron chi connectivity index (χ1n) is 12.4. The topological polar surface area (TPSA) is 32.6 Å². The molecule has 0 saturated heterocycles. The van der Waals surface area contributed by atoms with Gasteiger partial charge in [-0.3, -0.25) is 0 Å². The minimum atomic E-state index is 0.168.